The van der Waals surface area contributed by atoms with Gasteiger partial charge in [-0.3, -0.25) is 10.1 Å². The molecule has 0 aliphatic carbocycles. The van der Waals surface area contributed by atoms with Crippen LogP contribution < -0.4 is 5.32 Å². The second kappa shape index (κ2) is 5.72. The molecule has 114 valence electrons. The van der Waals surface area contributed by atoms with Gasteiger partial charge in [0.25, 0.3) is 5.91 Å². The van der Waals surface area contributed by atoms with E-state index in [9.17, 15) is 4.79 Å². The van der Waals surface area contributed by atoms with Crippen molar-refractivity contribution in [2.75, 3.05) is 5.32 Å². The summed E-state index contributed by atoms with van der Waals surface area (Å²) in [6.07, 6.45) is 0. The molecule has 0 radical (unpaired) electrons. The Hall–Kier alpha value is -1.73. The SMILES string of the molecule is O=C(Nc1nc2ccc3scnc3c2s1)c1ccc(Cl)c(Cl)c1. The molecule has 2 aromatic heterocycles. The molecule has 0 spiro atoms. The summed E-state index contributed by atoms with van der Waals surface area (Å²) in [6, 6.07) is 8.66. The molecule has 4 rings (SSSR count). The average molecular weight is 380 g/mol. The first-order valence-corrected chi connectivity index (χ1v) is 8.96. The molecule has 8 heteroatoms. The van der Waals surface area contributed by atoms with Crippen LogP contribution in [0.3, 0.4) is 0 Å². The van der Waals surface area contributed by atoms with Gasteiger partial charge in [0.15, 0.2) is 5.13 Å². The maximum absolute atomic E-state index is 12.3. The zero-order valence-corrected chi connectivity index (χ0v) is 14.5. The van der Waals surface area contributed by atoms with Crippen molar-refractivity contribution >= 4 is 77.3 Å². The highest BCUT2D eigenvalue weighted by atomic mass is 35.5. The number of halogens is 2. The second-order valence-electron chi connectivity index (χ2n) is 4.71. The van der Waals surface area contributed by atoms with Gasteiger partial charge in [0.1, 0.15) is 5.52 Å². The summed E-state index contributed by atoms with van der Waals surface area (Å²) in [7, 11) is 0. The van der Waals surface area contributed by atoms with Crippen LogP contribution in [-0.2, 0) is 0 Å². The van der Waals surface area contributed by atoms with Crippen LogP contribution in [0, 0.1) is 0 Å². The van der Waals surface area contributed by atoms with Crippen molar-refractivity contribution in [3.05, 3.63) is 51.5 Å². The standard InChI is InChI=1S/C15H7Cl2N3OS2/c16-8-2-1-7(5-9(8)17)14(21)20-15-19-10-3-4-11-12(13(10)23-15)18-6-22-11/h1-6H,(H,19,20,21). The molecule has 2 aromatic carbocycles. The van der Waals surface area contributed by atoms with Gasteiger partial charge in [0.05, 0.1) is 30.5 Å². The van der Waals surface area contributed by atoms with Gasteiger partial charge < -0.3 is 0 Å². The first kappa shape index (κ1) is 14.8. The number of benzene rings is 2. The lowest BCUT2D eigenvalue weighted by Gasteiger charge is -2.02. The highest BCUT2D eigenvalue weighted by molar-refractivity contribution is 7.24. The topological polar surface area (TPSA) is 54.9 Å². The molecule has 4 nitrogen and oxygen atoms in total. The zero-order chi connectivity index (χ0) is 16.0. The maximum atomic E-state index is 12.3. The molecular formula is C15H7Cl2N3OS2. The number of aromatic nitrogens is 2. The Balaban J connectivity index is 1.69. The molecule has 0 aliphatic rings. The number of carbonyl (C=O) groups excluding carboxylic acids is 1. The first-order chi connectivity index (χ1) is 11.1. The van der Waals surface area contributed by atoms with Crippen molar-refractivity contribution < 1.29 is 4.79 Å². The summed E-state index contributed by atoms with van der Waals surface area (Å²) in [5, 5.41) is 4.07. The van der Waals surface area contributed by atoms with Gasteiger partial charge in [-0.1, -0.05) is 34.5 Å². The largest absolute Gasteiger partial charge is 0.298 e. The van der Waals surface area contributed by atoms with Gasteiger partial charge >= 0.3 is 0 Å². The van der Waals surface area contributed by atoms with Crippen LogP contribution in [0.2, 0.25) is 10.0 Å². The van der Waals surface area contributed by atoms with Crippen molar-refractivity contribution in [2.24, 2.45) is 0 Å². The molecule has 0 fully saturated rings. The van der Waals surface area contributed by atoms with Crippen LogP contribution in [0.5, 0.6) is 0 Å². The van der Waals surface area contributed by atoms with E-state index in [1.165, 1.54) is 17.4 Å². The molecule has 1 N–H and O–H groups in total. The summed E-state index contributed by atoms with van der Waals surface area (Å²) in [6.45, 7) is 0. The van der Waals surface area contributed by atoms with E-state index < -0.39 is 0 Å². The Morgan fingerprint density at radius 2 is 2.00 bits per heavy atom. The fourth-order valence-electron chi connectivity index (χ4n) is 2.17. The summed E-state index contributed by atoms with van der Waals surface area (Å²) >= 11 is 14.8. The number of thiazole rings is 2. The van der Waals surface area contributed by atoms with Gasteiger partial charge in [-0.25, -0.2) is 9.97 Å². The van der Waals surface area contributed by atoms with Crippen LogP contribution in [0.4, 0.5) is 5.13 Å². The molecular weight excluding hydrogens is 373 g/mol. The van der Waals surface area contributed by atoms with Crippen molar-refractivity contribution in [3.63, 3.8) is 0 Å². The Morgan fingerprint density at radius 1 is 1.13 bits per heavy atom. The van der Waals surface area contributed by atoms with E-state index in [1.54, 1.807) is 29.0 Å². The van der Waals surface area contributed by atoms with Gasteiger partial charge in [-0.05, 0) is 30.3 Å². The molecule has 0 saturated carbocycles. The maximum Gasteiger partial charge on any atom is 0.257 e. The molecule has 2 heterocycles. The van der Waals surface area contributed by atoms with Crippen molar-refractivity contribution in [2.45, 2.75) is 0 Å². The molecule has 0 saturated heterocycles. The molecule has 0 aliphatic heterocycles. The number of nitrogens with zero attached hydrogens (tertiary/aromatic N) is 2. The summed E-state index contributed by atoms with van der Waals surface area (Å²) in [5.41, 5.74) is 3.97. The Kier molecular flexibility index (Phi) is 3.69. The summed E-state index contributed by atoms with van der Waals surface area (Å²) in [4.78, 5) is 21.1. The number of nitrogens with one attached hydrogen (secondary N) is 1. The lowest BCUT2D eigenvalue weighted by atomic mass is 10.2. The lowest BCUT2D eigenvalue weighted by Crippen LogP contribution is -2.11. The minimum Gasteiger partial charge on any atom is -0.298 e. The third-order valence-electron chi connectivity index (χ3n) is 3.26. The van der Waals surface area contributed by atoms with E-state index in [-0.39, 0.29) is 5.91 Å². The highest BCUT2D eigenvalue weighted by Gasteiger charge is 2.13. The smallest absolute Gasteiger partial charge is 0.257 e. The predicted octanol–water partition coefficient (Wildman–Crippen LogP) is 5.47. The van der Waals surface area contributed by atoms with Crippen LogP contribution in [-0.4, -0.2) is 15.9 Å². The van der Waals surface area contributed by atoms with Gasteiger partial charge in [-0.15, -0.1) is 11.3 Å². The average Bonchev–Trinajstić information content (AvgIpc) is 3.14. The van der Waals surface area contributed by atoms with Crippen molar-refractivity contribution in [3.8, 4) is 0 Å². The number of amides is 1. The van der Waals surface area contributed by atoms with E-state index >= 15 is 0 Å². The van der Waals surface area contributed by atoms with E-state index in [2.05, 4.69) is 15.3 Å². The molecule has 0 unspecified atom stereocenters. The van der Waals surface area contributed by atoms with Gasteiger partial charge in [-0.2, -0.15) is 0 Å². The van der Waals surface area contributed by atoms with Crippen LogP contribution >= 0.6 is 45.9 Å². The quantitative estimate of drug-likeness (QED) is 0.502. The number of fused-ring (bicyclic) bond motifs is 3. The minimum atomic E-state index is -0.280. The second-order valence-corrected chi connectivity index (χ2v) is 7.41. The van der Waals surface area contributed by atoms with Gasteiger partial charge in [0, 0.05) is 5.56 Å². The molecule has 0 atom stereocenters. The number of hydrogen-bond donors (Lipinski definition) is 1. The predicted molar refractivity (Wildman–Crippen MR) is 97.2 cm³/mol. The zero-order valence-electron chi connectivity index (χ0n) is 11.3. The Labute approximate surface area is 148 Å². The lowest BCUT2D eigenvalue weighted by molar-refractivity contribution is 0.102. The molecule has 0 bridgehead atoms. The fourth-order valence-corrected chi connectivity index (χ4v) is 4.18. The minimum absolute atomic E-state index is 0.280. The monoisotopic (exact) mass is 379 g/mol. The van der Waals surface area contributed by atoms with E-state index in [1.807, 2.05) is 12.1 Å². The van der Waals surface area contributed by atoms with Crippen molar-refractivity contribution in [1.82, 2.24) is 9.97 Å². The van der Waals surface area contributed by atoms with Crippen LogP contribution in [0.25, 0.3) is 20.4 Å². The third kappa shape index (κ3) is 2.68. The van der Waals surface area contributed by atoms with Gasteiger partial charge in [0.2, 0.25) is 0 Å². The Morgan fingerprint density at radius 3 is 2.83 bits per heavy atom. The Bertz CT molecular complexity index is 1060. The van der Waals surface area contributed by atoms with E-state index in [0.717, 1.165) is 20.4 Å². The van der Waals surface area contributed by atoms with E-state index in [0.29, 0.717) is 20.7 Å². The highest BCUT2D eigenvalue weighted by Crippen LogP contribution is 2.33. The molecule has 4 aromatic rings. The summed E-state index contributed by atoms with van der Waals surface area (Å²) < 4.78 is 2.07. The van der Waals surface area contributed by atoms with Crippen LogP contribution in [0.15, 0.2) is 35.8 Å². The van der Waals surface area contributed by atoms with E-state index in [4.69, 9.17) is 23.2 Å². The molecule has 1 amide bonds. The number of rotatable bonds is 2. The number of carbonyl (C=O) groups is 1. The molecule has 23 heavy (non-hydrogen) atoms. The normalized spacial score (nSPS) is 11.2. The number of anilines is 1. The third-order valence-corrected chi connectivity index (χ3v) is 5.78. The number of hydrogen-bond acceptors (Lipinski definition) is 5. The fraction of sp³-hybridized carbons (Fsp3) is 0. The van der Waals surface area contributed by atoms with Crippen molar-refractivity contribution in [1.29, 1.82) is 0 Å². The first-order valence-electron chi connectivity index (χ1n) is 6.51. The van der Waals surface area contributed by atoms with Crippen LogP contribution in [0.1, 0.15) is 10.4 Å². The summed E-state index contributed by atoms with van der Waals surface area (Å²) in [5.74, 6) is -0.280.